The number of carbonyl (C=O) groups excluding carboxylic acids is 1. The molecule has 1 aromatic heterocycles. The van der Waals surface area contributed by atoms with Crippen molar-refractivity contribution in [3.63, 3.8) is 0 Å². The Morgan fingerprint density at radius 1 is 1.21 bits per heavy atom. The van der Waals surface area contributed by atoms with Crippen molar-refractivity contribution >= 4 is 52.1 Å². The van der Waals surface area contributed by atoms with Crippen molar-refractivity contribution < 1.29 is 14.7 Å². The van der Waals surface area contributed by atoms with Crippen LogP contribution in [0.25, 0.3) is 6.08 Å². The van der Waals surface area contributed by atoms with Crippen LogP contribution in [0.5, 0.6) is 0 Å². The predicted molar refractivity (Wildman–Crippen MR) is 137 cm³/mol. The van der Waals surface area contributed by atoms with E-state index in [1.54, 1.807) is 17.6 Å². The highest BCUT2D eigenvalue weighted by atomic mass is 32.2. The van der Waals surface area contributed by atoms with Crippen molar-refractivity contribution in [2.24, 2.45) is 0 Å². The number of anilines is 1. The highest BCUT2D eigenvalue weighted by Crippen LogP contribution is 2.36. The van der Waals surface area contributed by atoms with E-state index in [-0.39, 0.29) is 30.0 Å². The quantitative estimate of drug-likeness (QED) is 0.422. The molecule has 11 heteroatoms. The van der Waals surface area contributed by atoms with Gasteiger partial charge in [-0.2, -0.15) is 5.26 Å². The van der Waals surface area contributed by atoms with Gasteiger partial charge in [-0.3, -0.25) is 23.9 Å². The van der Waals surface area contributed by atoms with E-state index in [1.165, 1.54) is 4.90 Å². The Bertz CT molecular complexity index is 1130. The molecular formula is C23H29N5O4S2. The second-order valence-corrected chi connectivity index (χ2v) is 9.88. The molecule has 2 saturated heterocycles. The molecule has 0 atom stereocenters. The van der Waals surface area contributed by atoms with Gasteiger partial charge in [0.25, 0.3) is 11.5 Å². The summed E-state index contributed by atoms with van der Waals surface area (Å²) in [7, 11) is 0. The van der Waals surface area contributed by atoms with Gasteiger partial charge in [0.05, 0.1) is 11.3 Å². The number of carboxylic acids is 1. The number of nitriles is 1. The Morgan fingerprint density at radius 2 is 1.88 bits per heavy atom. The number of thioether (sulfide) groups is 1. The number of carbonyl (C=O) groups is 2. The fourth-order valence-electron chi connectivity index (χ4n) is 4.22. The van der Waals surface area contributed by atoms with E-state index < -0.39 is 5.97 Å². The maximum Gasteiger partial charge on any atom is 0.305 e. The van der Waals surface area contributed by atoms with Crippen molar-refractivity contribution in [3.05, 3.63) is 31.9 Å². The molecule has 0 saturated carbocycles. The lowest BCUT2D eigenvalue weighted by Crippen LogP contribution is -2.48. The summed E-state index contributed by atoms with van der Waals surface area (Å²) in [5.41, 5.74) is 0.940. The third kappa shape index (κ3) is 5.19. The molecule has 3 heterocycles. The van der Waals surface area contributed by atoms with Crippen molar-refractivity contribution in [1.29, 1.82) is 5.26 Å². The Kier molecular flexibility index (Phi) is 8.52. The van der Waals surface area contributed by atoms with Crippen LogP contribution in [0.4, 0.5) is 5.82 Å². The molecule has 182 valence electrons. The molecule has 34 heavy (non-hydrogen) atoms. The molecule has 0 aromatic carbocycles. The number of hydrogen-bond acceptors (Lipinski definition) is 8. The minimum absolute atomic E-state index is 0.000927. The number of carboxylic acid groups (broad SMARTS) is 1. The summed E-state index contributed by atoms with van der Waals surface area (Å²) in [6, 6.07) is 2.05. The maximum absolute atomic E-state index is 13.2. The van der Waals surface area contributed by atoms with Crippen LogP contribution in [0.1, 0.15) is 43.4 Å². The van der Waals surface area contributed by atoms with Crippen LogP contribution >= 0.6 is 24.0 Å². The lowest BCUT2D eigenvalue weighted by atomic mass is 10.0. The first-order valence-electron chi connectivity index (χ1n) is 11.3. The first-order chi connectivity index (χ1) is 16.2. The number of pyridine rings is 1. The summed E-state index contributed by atoms with van der Waals surface area (Å²) < 4.78 is 1.96. The van der Waals surface area contributed by atoms with Crippen molar-refractivity contribution in [2.45, 2.75) is 40.2 Å². The molecule has 1 N–H and O–H groups in total. The molecular weight excluding hydrogens is 474 g/mol. The third-order valence-electron chi connectivity index (χ3n) is 6.11. The highest BCUT2D eigenvalue weighted by Gasteiger charge is 2.33. The summed E-state index contributed by atoms with van der Waals surface area (Å²) in [5.74, 6) is -0.647. The van der Waals surface area contributed by atoms with Gasteiger partial charge in [0, 0.05) is 44.8 Å². The number of nitrogens with zero attached hydrogens (tertiary/aromatic N) is 5. The SMILES string of the molecule is CCCn1c(N2CCN(CC)CC2)c(C=C2SC(=S)N(CCC(=O)O)C2=O)c(C)c(C#N)c1=O. The molecule has 0 radical (unpaired) electrons. The van der Waals surface area contributed by atoms with Gasteiger partial charge in [0.15, 0.2) is 0 Å². The van der Waals surface area contributed by atoms with Crippen LogP contribution in [0.15, 0.2) is 9.70 Å². The van der Waals surface area contributed by atoms with Crippen LogP contribution in [0.2, 0.25) is 0 Å². The van der Waals surface area contributed by atoms with Crippen LogP contribution < -0.4 is 10.5 Å². The zero-order valence-corrected chi connectivity index (χ0v) is 21.3. The van der Waals surface area contributed by atoms with Gasteiger partial charge in [-0.1, -0.05) is 37.8 Å². The first-order valence-corrected chi connectivity index (χ1v) is 12.6. The first kappa shape index (κ1) is 25.9. The van der Waals surface area contributed by atoms with Gasteiger partial charge in [-0.25, -0.2) is 0 Å². The Hall–Kier alpha value is -2.68. The molecule has 9 nitrogen and oxygen atoms in total. The summed E-state index contributed by atoms with van der Waals surface area (Å²) in [6.07, 6.45) is 2.22. The van der Waals surface area contributed by atoms with E-state index in [0.29, 0.717) is 33.3 Å². The summed E-state index contributed by atoms with van der Waals surface area (Å²) in [4.78, 5) is 43.4. The topological polar surface area (TPSA) is 110 Å². The molecule has 2 fully saturated rings. The van der Waals surface area contributed by atoms with Gasteiger partial charge in [0.2, 0.25) is 0 Å². The molecule has 2 aliphatic heterocycles. The second kappa shape index (κ2) is 11.2. The second-order valence-electron chi connectivity index (χ2n) is 8.20. The van der Waals surface area contributed by atoms with E-state index >= 15 is 0 Å². The van der Waals surface area contributed by atoms with Crippen LogP contribution in [-0.4, -0.2) is 74.9 Å². The number of piperazine rings is 1. The minimum atomic E-state index is -1.01. The fraction of sp³-hybridized carbons (Fsp3) is 0.522. The summed E-state index contributed by atoms with van der Waals surface area (Å²) >= 11 is 6.44. The average Bonchev–Trinajstić information content (AvgIpc) is 3.08. The number of hydrogen-bond donors (Lipinski definition) is 1. The normalized spacial score (nSPS) is 18.1. The molecule has 1 amide bonds. The van der Waals surface area contributed by atoms with Gasteiger partial charge >= 0.3 is 5.97 Å². The van der Waals surface area contributed by atoms with Crippen LogP contribution in [0.3, 0.4) is 0 Å². The minimum Gasteiger partial charge on any atom is -0.481 e. The third-order valence-corrected chi connectivity index (χ3v) is 7.49. The number of aromatic nitrogens is 1. The number of aliphatic carboxylic acids is 1. The molecule has 0 spiro atoms. The number of amides is 1. The number of likely N-dealkylation sites (N-methyl/N-ethyl adjacent to an activating group) is 1. The molecule has 3 rings (SSSR count). The molecule has 0 bridgehead atoms. The van der Waals surface area contributed by atoms with Gasteiger partial charge in [0.1, 0.15) is 21.8 Å². The molecule has 2 aliphatic rings. The number of thiocarbonyl (C=S) groups is 1. The Labute approximate surface area is 208 Å². The highest BCUT2D eigenvalue weighted by molar-refractivity contribution is 8.26. The lowest BCUT2D eigenvalue weighted by molar-refractivity contribution is -0.137. The predicted octanol–water partition coefficient (Wildman–Crippen LogP) is 2.26. The standard InChI is InChI=1S/C23H29N5O4S2/c1-4-7-27-20(26-11-9-25(5-2)10-12-26)16(15(3)17(14-24)21(27)31)13-18-22(32)28(23(33)34-18)8-6-19(29)30/h13H,4-12H2,1-3H3,(H,29,30). The van der Waals surface area contributed by atoms with Gasteiger partial charge in [-0.05, 0) is 31.5 Å². The van der Waals surface area contributed by atoms with E-state index in [2.05, 4.69) is 22.8 Å². The zero-order valence-electron chi connectivity index (χ0n) is 19.7. The average molecular weight is 504 g/mol. The fourth-order valence-corrected chi connectivity index (χ4v) is 5.51. The van der Waals surface area contributed by atoms with Crippen molar-refractivity contribution in [1.82, 2.24) is 14.4 Å². The van der Waals surface area contributed by atoms with Gasteiger partial charge < -0.3 is 14.9 Å². The molecule has 0 unspecified atom stereocenters. The largest absolute Gasteiger partial charge is 0.481 e. The van der Waals surface area contributed by atoms with E-state index in [0.717, 1.165) is 50.3 Å². The van der Waals surface area contributed by atoms with Crippen molar-refractivity contribution in [2.75, 3.05) is 44.2 Å². The Morgan fingerprint density at radius 3 is 2.44 bits per heavy atom. The number of rotatable bonds is 8. The lowest BCUT2D eigenvalue weighted by Gasteiger charge is -2.37. The van der Waals surface area contributed by atoms with E-state index in [4.69, 9.17) is 17.3 Å². The maximum atomic E-state index is 13.2. The smallest absolute Gasteiger partial charge is 0.305 e. The summed E-state index contributed by atoms with van der Waals surface area (Å²) in [6.45, 7) is 10.4. The van der Waals surface area contributed by atoms with Crippen LogP contribution in [-0.2, 0) is 16.1 Å². The monoisotopic (exact) mass is 503 g/mol. The summed E-state index contributed by atoms with van der Waals surface area (Å²) in [5, 5.41) is 18.7. The molecule has 1 aromatic rings. The van der Waals surface area contributed by atoms with E-state index in [1.807, 2.05) is 6.92 Å². The van der Waals surface area contributed by atoms with Crippen LogP contribution in [0, 0.1) is 18.3 Å². The zero-order chi connectivity index (χ0) is 25.0. The van der Waals surface area contributed by atoms with Crippen molar-refractivity contribution in [3.8, 4) is 6.07 Å². The van der Waals surface area contributed by atoms with Gasteiger partial charge in [-0.15, -0.1) is 0 Å². The van der Waals surface area contributed by atoms with E-state index in [9.17, 15) is 19.6 Å². The molecule has 0 aliphatic carbocycles. The Balaban J connectivity index is 2.14.